The topological polar surface area (TPSA) is 32.3 Å². The van der Waals surface area contributed by atoms with E-state index in [0.717, 1.165) is 31.7 Å². The van der Waals surface area contributed by atoms with Gasteiger partial charge in [-0.1, -0.05) is 19.1 Å². The summed E-state index contributed by atoms with van der Waals surface area (Å²) in [6.07, 6.45) is 3.58. The zero-order valence-corrected chi connectivity index (χ0v) is 11.3. The van der Waals surface area contributed by atoms with Crippen molar-refractivity contribution in [1.29, 1.82) is 0 Å². The third-order valence-electron chi connectivity index (χ3n) is 4.01. The molecule has 1 saturated carbocycles. The van der Waals surface area contributed by atoms with Gasteiger partial charge < -0.3 is 10.4 Å². The minimum Gasteiger partial charge on any atom is -0.389 e. The molecule has 19 heavy (non-hydrogen) atoms. The van der Waals surface area contributed by atoms with Gasteiger partial charge in [-0.15, -0.1) is 0 Å². The maximum Gasteiger partial charge on any atom is 0.163 e. The van der Waals surface area contributed by atoms with Crippen molar-refractivity contribution in [2.24, 2.45) is 5.92 Å². The van der Waals surface area contributed by atoms with E-state index < -0.39 is 17.2 Å². The Bertz CT molecular complexity index is 428. The zero-order valence-electron chi connectivity index (χ0n) is 11.3. The molecule has 0 atom stereocenters. The predicted octanol–water partition coefficient (Wildman–Crippen LogP) is 3.00. The molecule has 0 unspecified atom stereocenters. The number of rotatable bonds is 4. The van der Waals surface area contributed by atoms with Gasteiger partial charge in [0, 0.05) is 18.7 Å². The normalized spacial score (nSPS) is 27.5. The summed E-state index contributed by atoms with van der Waals surface area (Å²) in [7, 11) is 0. The minimum atomic E-state index is -0.829. The fourth-order valence-corrected chi connectivity index (χ4v) is 2.59. The first-order chi connectivity index (χ1) is 9.00. The lowest BCUT2D eigenvalue weighted by molar-refractivity contribution is -0.00635. The summed E-state index contributed by atoms with van der Waals surface area (Å²) in [6.45, 7) is 2.85. The van der Waals surface area contributed by atoms with Crippen molar-refractivity contribution in [2.45, 2.75) is 44.8 Å². The van der Waals surface area contributed by atoms with Crippen LogP contribution >= 0.6 is 0 Å². The molecule has 1 aromatic rings. The van der Waals surface area contributed by atoms with Crippen molar-refractivity contribution in [1.82, 2.24) is 5.32 Å². The molecule has 0 bridgehead atoms. The first-order valence-electron chi connectivity index (χ1n) is 6.86. The fourth-order valence-electron chi connectivity index (χ4n) is 2.59. The van der Waals surface area contributed by atoms with Crippen LogP contribution in [0.25, 0.3) is 0 Å². The summed E-state index contributed by atoms with van der Waals surface area (Å²) in [6, 6.07) is 4.15. The largest absolute Gasteiger partial charge is 0.389 e. The fraction of sp³-hybridized carbons (Fsp3) is 0.600. The van der Waals surface area contributed by atoms with Crippen molar-refractivity contribution < 1.29 is 13.9 Å². The average molecular weight is 269 g/mol. The Balaban J connectivity index is 1.85. The van der Waals surface area contributed by atoms with Crippen LogP contribution in [0, 0.1) is 17.6 Å². The van der Waals surface area contributed by atoms with Gasteiger partial charge in [-0.3, -0.25) is 0 Å². The zero-order chi connectivity index (χ0) is 13.9. The van der Waals surface area contributed by atoms with Crippen molar-refractivity contribution in [2.75, 3.05) is 6.54 Å². The maximum absolute atomic E-state index is 13.4. The molecule has 0 saturated heterocycles. The Morgan fingerprint density at radius 2 is 2.00 bits per heavy atom. The average Bonchev–Trinajstić information content (AvgIpc) is 2.39. The van der Waals surface area contributed by atoms with E-state index >= 15 is 0 Å². The molecule has 0 aromatic heterocycles. The molecule has 0 spiro atoms. The van der Waals surface area contributed by atoms with Crippen LogP contribution in [0.3, 0.4) is 0 Å². The third-order valence-corrected chi connectivity index (χ3v) is 4.01. The van der Waals surface area contributed by atoms with Crippen molar-refractivity contribution in [3.05, 3.63) is 35.4 Å². The van der Waals surface area contributed by atoms with Gasteiger partial charge in [0.05, 0.1) is 5.60 Å². The minimum absolute atomic E-state index is 0.238. The standard InChI is InChI=1S/C15H21F2NO/c1-11-5-7-15(19,8-6-11)10-18-9-12-3-2-4-13(16)14(12)17/h2-4,11,18-19H,5-10H2,1H3. The van der Waals surface area contributed by atoms with Crippen molar-refractivity contribution in [3.8, 4) is 0 Å². The number of benzene rings is 1. The number of aliphatic hydroxyl groups is 1. The van der Waals surface area contributed by atoms with Crippen LogP contribution in [0.1, 0.15) is 38.2 Å². The highest BCUT2D eigenvalue weighted by molar-refractivity contribution is 5.18. The van der Waals surface area contributed by atoms with Gasteiger partial charge >= 0.3 is 0 Å². The molecule has 1 aliphatic rings. The van der Waals surface area contributed by atoms with Gasteiger partial charge in [0.1, 0.15) is 0 Å². The van der Waals surface area contributed by atoms with Crippen LogP contribution < -0.4 is 5.32 Å². The smallest absolute Gasteiger partial charge is 0.163 e. The van der Waals surface area contributed by atoms with E-state index in [0.29, 0.717) is 18.0 Å². The van der Waals surface area contributed by atoms with Crippen LogP contribution in [-0.2, 0) is 6.54 Å². The van der Waals surface area contributed by atoms with Gasteiger partial charge in [-0.2, -0.15) is 0 Å². The number of halogens is 2. The summed E-state index contributed by atoms with van der Waals surface area (Å²) >= 11 is 0. The number of hydrogen-bond donors (Lipinski definition) is 2. The molecule has 0 radical (unpaired) electrons. The highest BCUT2D eigenvalue weighted by atomic mass is 19.2. The van der Waals surface area contributed by atoms with Gasteiger partial charge in [-0.25, -0.2) is 8.78 Å². The lowest BCUT2D eigenvalue weighted by Crippen LogP contribution is -2.43. The van der Waals surface area contributed by atoms with E-state index in [-0.39, 0.29) is 6.54 Å². The van der Waals surface area contributed by atoms with Crippen molar-refractivity contribution >= 4 is 0 Å². The monoisotopic (exact) mass is 269 g/mol. The van der Waals surface area contributed by atoms with E-state index in [9.17, 15) is 13.9 Å². The van der Waals surface area contributed by atoms with E-state index in [4.69, 9.17) is 0 Å². The first-order valence-corrected chi connectivity index (χ1v) is 6.86. The van der Waals surface area contributed by atoms with Gasteiger partial charge in [0.15, 0.2) is 11.6 Å². The summed E-state index contributed by atoms with van der Waals surface area (Å²) in [5.41, 5.74) is -0.399. The molecule has 2 N–H and O–H groups in total. The lowest BCUT2D eigenvalue weighted by atomic mass is 9.79. The van der Waals surface area contributed by atoms with Crippen LogP contribution in [-0.4, -0.2) is 17.3 Å². The quantitative estimate of drug-likeness (QED) is 0.880. The highest BCUT2D eigenvalue weighted by Gasteiger charge is 2.31. The molecule has 0 amide bonds. The van der Waals surface area contributed by atoms with Crippen LogP contribution in [0.15, 0.2) is 18.2 Å². The Kier molecular flexibility index (Phi) is 4.53. The Labute approximate surface area is 112 Å². The Morgan fingerprint density at radius 3 is 2.68 bits per heavy atom. The Morgan fingerprint density at radius 1 is 1.32 bits per heavy atom. The van der Waals surface area contributed by atoms with E-state index in [2.05, 4.69) is 12.2 Å². The molecule has 106 valence electrons. The van der Waals surface area contributed by atoms with Crippen LogP contribution in [0.5, 0.6) is 0 Å². The molecule has 0 aliphatic heterocycles. The summed E-state index contributed by atoms with van der Waals surface area (Å²) in [5, 5.41) is 13.4. The molecular formula is C15H21F2NO. The molecule has 2 rings (SSSR count). The Hall–Kier alpha value is -1.00. The summed E-state index contributed by atoms with van der Waals surface area (Å²) < 4.78 is 26.5. The second-order valence-electron chi connectivity index (χ2n) is 5.72. The molecular weight excluding hydrogens is 248 g/mol. The van der Waals surface area contributed by atoms with Gasteiger partial charge in [0.25, 0.3) is 0 Å². The number of hydrogen-bond acceptors (Lipinski definition) is 2. The molecule has 1 aliphatic carbocycles. The second kappa shape index (κ2) is 5.97. The van der Waals surface area contributed by atoms with E-state index in [1.54, 1.807) is 6.07 Å². The molecule has 2 nitrogen and oxygen atoms in total. The molecule has 4 heteroatoms. The van der Waals surface area contributed by atoms with Gasteiger partial charge in [0.2, 0.25) is 0 Å². The molecule has 0 heterocycles. The molecule has 1 aromatic carbocycles. The maximum atomic E-state index is 13.4. The summed E-state index contributed by atoms with van der Waals surface area (Å²) in [4.78, 5) is 0. The van der Waals surface area contributed by atoms with Gasteiger partial charge in [-0.05, 0) is 37.7 Å². The van der Waals surface area contributed by atoms with Crippen LogP contribution in [0.2, 0.25) is 0 Å². The van der Waals surface area contributed by atoms with E-state index in [1.165, 1.54) is 6.07 Å². The SMILES string of the molecule is CC1CCC(O)(CNCc2cccc(F)c2F)CC1. The summed E-state index contributed by atoms with van der Waals surface area (Å²) in [5.74, 6) is -0.968. The predicted molar refractivity (Wildman–Crippen MR) is 70.6 cm³/mol. The lowest BCUT2D eigenvalue weighted by Gasteiger charge is -2.35. The number of nitrogens with one attached hydrogen (secondary N) is 1. The molecule has 1 fully saturated rings. The van der Waals surface area contributed by atoms with Crippen LogP contribution in [0.4, 0.5) is 8.78 Å². The third kappa shape index (κ3) is 3.74. The first kappa shape index (κ1) is 14.4. The second-order valence-corrected chi connectivity index (χ2v) is 5.72. The van der Waals surface area contributed by atoms with E-state index in [1.807, 2.05) is 0 Å². The highest BCUT2D eigenvalue weighted by Crippen LogP contribution is 2.31. The van der Waals surface area contributed by atoms with Crippen molar-refractivity contribution in [3.63, 3.8) is 0 Å².